The number of pyridine rings is 1. The van der Waals surface area contributed by atoms with Gasteiger partial charge in [-0.1, -0.05) is 6.07 Å². The molecule has 1 N–H and O–H groups in total. The zero-order valence-corrected chi connectivity index (χ0v) is 5.15. The molecule has 0 fully saturated rings. The molecule has 9 heavy (non-hydrogen) atoms. The van der Waals surface area contributed by atoms with Gasteiger partial charge in [-0.15, -0.1) is 0 Å². The van der Waals surface area contributed by atoms with Crippen LogP contribution in [0.5, 0.6) is 0 Å². The molecular weight excluding hydrogens is 116 g/mol. The normalized spacial score (nSPS) is 11.9. The Hall–Kier alpha value is -1.25. The second kappa shape index (κ2) is 2.35. The molecule has 48 valence electrons. The second-order valence-electron chi connectivity index (χ2n) is 1.63. The van der Waals surface area contributed by atoms with Crippen LogP contribution in [0, 0.1) is 0 Å². The van der Waals surface area contributed by atoms with E-state index in [1.54, 1.807) is 19.2 Å². The summed E-state index contributed by atoms with van der Waals surface area (Å²) in [6.07, 6.45) is 1.53. The Kier molecular flexibility index (Phi) is 1.53. The summed E-state index contributed by atoms with van der Waals surface area (Å²) in [5, 5.41) is 8.93. The minimum Gasteiger partial charge on any atom is -0.427 e. The van der Waals surface area contributed by atoms with Gasteiger partial charge in [-0.05, 0) is 12.1 Å². The van der Waals surface area contributed by atoms with Crippen LogP contribution in [-0.2, 0) is 0 Å². The summed E-state index contributed by atoms with van der Waals surface area (Å²) in [7, 11) is 1.63. The molecule has 0 aliphatic rings. The lowest BCUT2D eigenvalue weighted by Crippen LogP contribution is -2.16. The molecule has 0 aliphatic carbocycles. The summed E-state index contributed by atoms with van der Waals surface area (Å²) >= 11 is 0. The largest absolute Gasteiger partial charge is 0.427 e. The molecule has 3 nitrogen and oxygen atoms in total. The van der Waals surface area contributed by atoms with Crippen molar-refractivity contribution in [3.8, 4) is 0 Å². The Morgan fingerprint density at radius 2 is 2.33 bits per heavy atom. The lowest BCUT2D eigenvalue weighted by molar-refractivity contribution is 0.172. The predicted octanol–water partition coefficient (Wildman–Crippen LogP) is 0.256. The van der Waals surface area contributed by atoms with Gasteiger partial charge in [0.05, 0.1) is 0 Å². The average Bonchev–Trinajstić information content (AvgIpc) is 1.89. The molecule has 0 spiro atoms. The number of hydrogen-bond donors (Lipinski definition) is 1. The summed E-state index contributed by atoms with van der Waals surface area (Å²) in [5.41, 5.74) is 0.553. The number of rotatable bonds is 0. The summed E-state index contributed by atoms with van der Waals surface area (Å²) in [5.74, 6) is 0. The van der Waals surface area contributed by atoms with Crippen LogP contribution in [0.4, 0.5) is 0 Å². The first-order chi connectivity index (χ1) is 4.34. The molecule has 1 aromatic rings. The molecule has 0 atom stereocenters. The fourth-order valence-corrected chi connectivity index (χ4v) is 0.603. The van der Waals surface area contributed by atoms with Crippen molar-refractivity contribution in [3.63, 3.8) is 0 Å². The highest BCUT2D eigenvalue weighted by Crippen LogP contribution is 1.74. The third-order valence-corrected chi connectivity index (χ3v) is 1.05. The summed E-state index contributed by atoms with van der Waals surface area (Å²) in [6.45, 7) is 0. The van der Waals surface area contributed by atoms with E-state index >= 15 is 0 Å². The van der Waals surface area contributed by atoms with Gasteiger partial charge in [0.25, 0.3) is 0 Å². The molecule has 3 heteroatoms. The average molecular weight is 124 g/mol. The maximum atomic E-state index is 8.93. The molecule has 0 radical (unpaired) electrons. The molecule has 1 aromatic heterocycles. The summed E-state index contributed by atoms with van der Waals surface area (Å²) in [6, 6.07) is 5.27. The summed E-state index contributed by atoms with van der Waals surface area (Å²) < 4.78 is 0.972. The van der Waals surface area contributed by atoms with Gasteiger partial charge < -0.3 is 5.21 Å². The van der Waals surface area contributed by atoms with Crippen molar-refractivity contribution in [2.45, 2.75) is 0 Å². The van der Waals surface area contributed by atoms with Crippen molar-refractivity contribution >= 4 is 0 Å². The molecule has 0 saturated heterocycles. The van der Waals surface area contributed by atoms with Gasteiger partial charge >= 0.3 is 0 Å². The molecule has 0 unspecified atom stereocenters. The van der Waals surface area contributed by atoms with Crippen LogP contribution < -0.4 is 5.49 Å². The van der Waals surface area contributed by atoms with Crippen LogP contribution in [-0.4, -0.2) is 17.0 Å². The Bertz CT molecular complexity index is 251. The topological polar surface area (TPSA) is 37.5 Å². The van der Waals surface area contributed by atoms with Gasteiger partial charge in [-0.25, -0.2) is 0 Å². The van der Waals surface area contributed by atoms with Crippen LogP contribution in [0.3, 0.4) is 0 Å². The van der Waals surface area contributed by atoms with Crippen molar-refractivity contribution in [1.29, 1.82) is 0 Å². The molecule has 0 saturated carbocycles. The number of aromatic nitrogens is 1. The fourth-order valence-electron chi connectivity index (χ4n) is 0.603. The molecule has 0 bridgehead atoms. The second-order valence-corrected chi connectivity index (χ2v) is 1.63. The molecular formula is C6H8N2O. The van der Waals surface area contributed by atoms with Crippen molar-refractivity contribution in [3.05, 3.63) is 29.9 Å². The van der Waals surface area contributed by atoms with Gasteiger partial charge in [0.15, 0.2) is 5.49 Å². The number of nitrogens with zero attached hydrogens (tertiary/aromatic N) is 2. The maximum Gasteiger partial charge on any atom is 0.162 e. The third-order valence-electron chi connectivity index (χ3n) is 1.05. The van der Waals surface area contributed by atoms with E-state index in [1.807, 2.05) is 6.07 Å². The Labute approximate surface area is 52.9 Å². The molecule has 1 rings (SSSR count). The Morgan fingerprint density at radius 1 is 1.56 bits per heavy atom. The lowest BCUT2D eigenvalue weighted by atomic mass is 10.5. The van der Waals surface area contributed by atoms with Crippen molar-refractivity contribution in [1.82, 2.24) is 4.73 Å². The van der Waals surface area contributed by atoms with Crippen LogP contribution in [0.1, 0.15) is 0 Å². The Balaban J connectivity index is 3.33. The minimum atomic E-state index is 0.553. The zero-order valence-electron chi connectivity index (χ0n) is 5.15. The minimum absolute atomic E-state index is 0.553. The van der Waals surface area contributed by atoms with Crippen molar-refractivity contribution in [2.24, 2.45) is 4.99 Å². The van der Waals surface area contributed by atoms with Crippen LogP contribution >= 0.6 is 0 Å². The van der Waals surface area contributed by atoms with E-state index in [-0.39, 0.29) is 0 Å². The van der Waals surface area contributed by atoms with Gasteiger partial charge in [0.1, 0.15) is 0 Å². The van der Waals surface area contributed by atoms with E-state index in [2.05, 4.69) is 4.99 Å². The number of hydrogen-bond acceptors (Lipinski definition) is 2. The Morgan fingerprint density at radius 3 is 2.78 bits per heavy atom. The van der Waals surface area contributed by atoms with Crippen molar-refractivity contribution < 1.29 is 5.21 Å². The van der Waals surface area contributed by atoms with E-state index < -0.39 is 0 Å². The first-order valence-electron chi connectivity index (χ1n) is 2.64. The van der Waals surface area contributed by atoms with E-state index in [4.69, 9.17) is 5.21 Å². The summed E-state index contributed by atoms with van der Waals surface area (Å²) in [4.78, 5) is 3.78. The molecule has 1 heterocycles. The highest BCUT2D eigenvalue weighted by Gasteiger charge is 1.80. The highest BCUT2D eigenvalue weighted by atomic mass is 16.5. The lowest BCUT2D eigenvalue weighted by Gasteiger charge is -1.92. The van der Waals surface area contributed by atoms with Crippen LogP contribution in [0.25, 0.3) is 0 Å². The molecule has 0 aliphatic heterocycles. The van der Waals surface area contributed by atoms with Crippen LogP contribution in [0.2, 0.25) is 0 Å². The first-order valence-corrected chi connectivity index (χ1v) is 2.64. The van der Waals surface area contributed by atoms with Crippen molar-refractivity contribution in [2.75, 3.05) is 7.05 Å². The van der Waals surface area contributed by atoms with E-state index in [1.165, 1.54) is 6.20 Å². The standard InChI is InChI=1S/C6H8N2O/c1-7-6-4-2-3-5-8(6)9/h2-5,9H,1H3. The predicted molar refractivity (Wildman–Crippen MR) is 33.1 cm³/mol. The quantitative estimate of drug-likeness (QED) is 0.495. The van der Waals surface area contributed by atoms with E-state index in [9.17, 15) is 0 Å². The maximum absolute atomic E-state index is 8.93. The first kappa shape index (κ1) is 5.88. The van der Waals surface area contributed by atoms with E-state index in [0.29, 0.717) is 5.49 Å². The fraction of sp³-hybridized carbons (Fsp3) is 0.167. The third kappa shape index (κ3) is 1.10. The van der Waals surface area contributed by atoms with Crippen LogP contribution in [0.15, 0.2) is 29.4 Å². The monoisotopic (exact) mass is 124 g/mol. The van der Waals surface area contributed by atoms with Gasteiger partial charge in [-0.3, -0.25) is 4.99 Å². The van der Waals surface area contributed by atoms with Gasteiger partial charge in [0, 0.05) is 13.2 Å². The molecule has 0 amide bonds. The van der Waals surface area contributed by atoms with E-state index in [0.717, 1.165) is 4.73 Å². The smallest absolute Gasteiger partial charge is 0.162 e. The van der Waals surface area contributed by atoms with Gasteiger partial charge in [-0.2, -0.15) is 4.73 Å². The zero-order chi connectivity index (χ0) is 6.69. The van der Waals surface area contributed by atoms with Gasteiger partial charge in [0.2, 0.25) is 0 Å². The SMILES string of the molecule is CN=c1ccccn1O. The molecule has 0 aromatic carbocycles. The highest BCUT2D eigenvalue weighted by molar-refractivity contribution is 4.90.